The van der Waals surface area contributed by atoms with Crippen LogP contribution >= 0.6 is 0 Å². The molecule has 2 amide bonds. The summed E-state index contributed by atoms with van der Waals surface area (Å²) in [5, 5.41) is 7.24. The van der Waals surface area contributed by atoms with Gasteiger partial charge >= 0.3 is 0 Å². The molecule has 158 valence electrons. The van der Waals surface area contributed by atoms with Crippen LogP contribution in [0, 0.1) is 6.92 Å². The van der Waals surface area contributed by atoms with Crippen molar-refractivity contribution in [3.63, 3.8) is 0 Å². The molecule has 9 nitrogen and oxygen atoms in total. The first-order chi connectivity index (χ1) is 13.5. The van der Waals surface area contributed by atoms with Crippen LogP contribution in [0.3, 0.4) is 0 Å². The lowest BCUT2D eigenvalue weighted by molar-refractivity contribution is -0.145. The van der Waals surface area contributed by atoms with Crippen molar-refractivity contribution in [2.75, 3.05) is 46.7 Å². The van der Waals surface area contributed by atoms with E-state index in [1.54, 1.807) is 16.7 Å². The highest BCUT2D eigenvalue weighted by Gasteiger charge is 2.31. The van der Waals surface area contributed by atoms with Crippen LogP contribution in [-0.2, 0) is 37.4 Å². The van der Waals surface area contributed by atoms with Crippen LogP contribution in [0.15, 0.2) is 6.07 Å². The molecule has 0 radical (unpaired) electrons. The molecule has 2 heterocycles. The van der Waals surface area contributed by atoms with Crippen molar-refractivity contribution in [3.05, 3.63) is 17.5 Å². The molecule has 0 saturated carbocycles. The maximum absolute atomic E-state index is 12.9. The summed E-state index contributed by atoms with van der Waals surface area (Å²) in [6.45, 7) is 4.50. The Morgan fingerprint density at radius 1 is 1.29 bits per heavy atom. The van der Waals surface area contributed by atoms with E-state index < -0.39 is 6.04 Å². The van der Waals surface area contributed by atoms with Gasteiger partial charge in [0.1, 0.15) is 12.6 Å². The van der Waals surface area contributed by atoms with Gasteiger partial charge in [-0.25, -0.2) is 0 Å². The van der Waals surface area contributed by atoms with Crippen molar-refractivity contribution < 1.29 is 23.8 Å². The van der Waals surface area contributed by atoms with E-state index in [9.17, 15) is 9.59 Å². The fourth-order valence-corrected chi connectivity index (χ4v) is 3.18. The van der Waals surface area contributed by atoms with Crippen LogP contribution in [-0.4, -0.2) is 79.2 Å². The molecule has 2 rings (SSSR count). The van der Waals surface area contributed by atoms with Gasteiger partial charge in [0.25, 0.3) is 0 Å². The van der Waals surface area contributed by atoms with Gasteiger partial charge in [-0.2, -0.15) is 5.10 Å². The fraction of sp³-hybridized carbons (Fsp3) is 0.737. The lowest BCUT2D eigenvalue weighted by Crippen LogP contribution is -2.49. The molecular weight excluding hydrogens is 364 g/mol. The van der Waals surface area contributed by atoms with E-state index in [1.807, 2.05) is 20.0 Å². The van der Waals surface area contributed by atoms with E-state index in [0.717, 1.165) is 24.2 Å². The minimum Gasteiger partial charge on any atom is -0.382 e. The molecule has 1 fully saturated rings. The molecule has 0 spiro atoms. The Balaban J connectivity index is 1.97. The first-order valence-corrected chi connectivity index (χ1v) is 9.74. The van der Waals surface area contributed by atoms with Gasteiger partial charge in [-0.05, 0) is 32.3 Å². The molecule has 0 aliphatic carbocycles. The predicted molar refractivity (Wildman–Crippen MR) is 103 cm³/mol. The summed E-state index contributed by atoms with van der Waals surface area (Å²) < 4.78 is 17.5. The third-order valence-electron chi connectivity index (χ3n) is 4.66. The maximum atomic E-state index is 12.9. The van der Waals surface area contributed by atoms with Crippen LogP contribution in [0.2, 0.25) is 0 Å². The number of aromatic nitrogens is 2. The number of rotatable bonds is 11. The average molecular weight is 396 g/mol. The van der Waals surface area contributed by atoms with Crippen molar-refractivity contribution in [2.45, 2.75) is 38.8 Å². The van der Waals surface area contributed by atoms with Crippen LogP contribution in [0.5, 0.6) is 0 Å². The zero-order valence-electron chi connectivity index (χ0n) is 17.1. The van der Waals surface area contributed by atoms with E-state index in [2.05, 4.69) is 10.4 Å². The van der Waals surface area contributed by atoms with Crippen LogP contribution < -0.4 is 5.32 Å². The lowest BCUT2D eigenvalue weighted by Gasteiger charge is -2.30. The molecule has 9 heteroatoms. The van der Waals surface area contributed by atoms with E-state index in [1.165, 1.54) is 0 Å². The molecule has 1 aliphatic rings. The normalized spacial score (nSPS) is 17.2. The Bertz CT molecular complexity index is 634. The number of ether oxygens (including phenoxy) is 3. The second kappa shape index (κ2) is 11.8. The second-order valence-corrected chi connectivity index (χ2v) is 6.88. The minimum absolute atomic E-state index is 0.0890. The molecule has 1 atom stereocenters. The second-order valence-electron chi connectivity index (χ2n) is 6.88. The predicted octanol–water partition coefficient (Wildman–Crippen LogP) is 0.405. The topological polar surface area (TPSA) is 94.9 Å². The first kappa shape index (κ1) is 22.3. The molecule has 28 heavy (non-hydrogen) atoms. The number of carbonyl (C=O) groups is 2. The molecule has 1 aromatic rings. The number of nitrogens with zero attached hydrogens (tertiary/aromatic N) is 3. The highest BCUT2D eigenvalue weighted by atomic mass is 16.5. The summed E-state index contributed by atoms with van der Waals surface area (Å²) >= 11 is 0. The van der Waals surface area contributed by atoms with Crippen molar-refractivity contribution in [3.8, 4) is 0 Å². The maximum Gasteiger partial charge on any atom is 0.249 e. The quantitative estimate of drug-likeness (QED) is 0.544. The summed E-state index contributed by atoms with van der Waals surface area (Å²) in [7, 11) is 3.45. The van der Waals surface area contributed by atoms with Crippen molar-refractivity contribution >= 4 is 11.8 Å². The zero-order chi connectivity index (χ0) is 20.4. The minimum atomic E-state index is -0.494. The number of hydrogen-bond donors (Lipinski definition) is 1. The Hall–Kier alpha value is -1.97. The average Bonchev–Trinajstić information content (AvgIpc) is 2.84. The lowest BCUT2D eigenvalue weighted by atomic mass is 10.1. The van der Waals surface area contributed by atoms with E-state index >= 15 is 0 Å². The van der Waals surface area contributed by atoms with Gasteiger partial charge in [-0.15, -0.1) is 0 Å². The standard InChI is InChI=1S/C19H32N4O5/c1-15-12-16(22(2)21-15)13-23(17-6-4-5-7-20-19(17)25)18(24)14-28-11-10-27-9-8-26-3/h12,17H,4-11,13-14H2,1-3H3,(H,20,25)/t17-/m0/s1. The third kappa shape index (κ3) is 6.88. The fourth-order valence-electron chi connectivity index (χ4n) is 3.18. The smallest absolute Gasteiger partial charge is 0.249 e. The molecular formula is C19H32N4O5. The molecule has 1 aliphatic heterocycles. The summed E-state index contributed by atoms with van der Waals surface area (Å²) in [6.07, 6.45) is 2.46. The van der Waals surface area contributed by atoms with Crippen LogP contribution in [0.25, 0.3) is 0 Å². The Morgan fingerprint density at radius 3 is 2.75 bits per heavy atom. The van der Waals surface area contributed by atoms with Gasteiger partial charge < -0.3 is 24.4 Å². The zero-order valence-corrected chi connectivity index (χ0v) is 17.1. The number of methoxy groups -OCH3 is 1. The van der Waals surface area contributed by atoms with Crippen molar-refractivity contribution in [1.82, 2.24) is 20.0 Å². The van der Waals surface area contributed by atoms with Gasteiger partial charge in [0.15, 0.2) is 0 Å². The van der Waals surface area contributed by atoms with Gasteiger partial charge in [0.05, 0.1) is 44.4 Å². The van der Waals surface area contributed by atoms with Gasteiger partial charge in [0.2, 0.25) is 11.8 Å². The van der Waals surface area contributed by atoms with Crippen molar-refractivity contribution in [1.29, 1.82) is 0 Å². The summed E-state index contributed by atoms with van der Waals surface area (Å²) in [5.41, 5.74) is 1.76. The SMILES string of the molecule is COCCOCCOCC(=O)N(Cc1cc(C)nn1C)[C@H]1CCCCNC1=O. The Labute approximate surface area is 166 Å². The van der Waals surface area contributed by atoms with Gasteiger partial charge in [0, 0.05) is 20.7 Å². The number of amides is 2. The largest absolute Gasteiger partial charge is 0.382 e. The molecule has 1 saturated heterocycles. The number of aryl methyl sites for hydroxylation is 2. The van der Waals surface area contributed by atoms with Crippen LogP contribution in [0.4, 0.5) is 0 Å². The molecule has 1 N–H and O–H groups in total. The highest BCUT2D eigenvalue weighted by Crippen LogP contribution is 2.17. The first-order valence-electron chi connectivity index (χ1n) is 9.74. The molecule has 0 aromatic carbocycles. The van der Waals surface area contributed by atoms with E-state index in [0.29, 0.717) is 45.9 Å². The number of nitrogens with one attached hydrogen (secondary N) is 1. The van der Waals surface area contributed by atoms with E-state index in [-0.39, 0.29) is 18.4 Å². The Kier molecular flexibility index (Phi) is 9.39. The van der Waals surface area contributed by atoms with Gasteiger partial charge in [-0.1, -0.05) is 0 Å². The molecule has 1 aromatic heterocycles. The summed E-state index contributed by atoms with van der Waals surface area (Å²) in [5.74, 6) is -0.314. The van der Waals surface area contributed by atoms with E-state index in [4.69, 9.17) is 14.2 Å². The number of hydrogen-bond acceptors (Lipinski definition) is 6. The van der Waals surface area contributed by atoms with Crippen molar-refractivity contribution in [2.24, 2.45) is 7.05 Å². The monoisotopic (exact) mass is 396 g/mol. The number of carbonyl (C=O) groups excluding carboxylic acids is 2. The highest BCUT2D eigenvalue weighted by molar-refractivity contribution is 5.88. The molecule has 0 unspecified atom stereocenters. The van der Waals surface area contributed by atoms with Gasteiger partial charge in [-0.3, -0.25) is 14.3 Å². The Morgan fingerprint density at radius 2 is 2.04 bits per heavy atom. The molecule has 0 bridgehead atoms. The summed E-state index contributed by atoms with van der Waals surface area (Å²) in [6, 6.07) is 1.44. The van der Waals surface area contributed by atoms with Crippen LogP contribution in [0.1, 0.15) is 30.7 Å². The summed E-state index contributed by atoms with van der Waals surface area (Å²) in [4.78, 5) is 27.0. The third-order valence-corrected chi connectivity index (χ3v) is 4.66.